The highest BCUT2D eigenvalue weighted by molar-refractivity contribution is 8.14. The van der Waals surface area contributed by atoms with Crippen molar-refractivity contribution in [1.82, 2.24) is 9.99 Å². The fourth-order valence-corrected chi connectivity index (χ4v) is 3.76. The summed E-state index contributed by atoms with van der Waals surface area (Å²) in [4.78, 5) is 4.60. The van der Waals surface area contributed by atoms with Crippen molar-refractivity contribution in [2.75, 3.05) is 5.75 Å². The molecule has 1 aliphatic heterocycles. The van der Waals surface area contributed by atoms with Crippen LogP contribution < -0.4 is 5.43 Å². The molecule has 124 valence electrons. The number of nitrogens with zero attached hydrogens (tertiary/aromatic N) is 3. The minimum Gasteiger partial charge on any atom is -0.318 e. The number of thioether (sulfide) groups is 1. The number of aliphatic imine (C=N–C) groups is 1. The van der Waals surface area contributed by atoms with Crippen LogP contribution in [0.15, 0.2) is 40.4 Å². The Hall–Kier alpha value is -2.08. The van der Waals surface area contributed by atoms with Gasteiger partial charge in [0.2, 0.25) is 0 Å². The lowest BCUT2D eigenvalue weighted by Gasteiger charge is -2.15. The number of nitrogens with one attached hydrogen (secondary N) is 1. The van der Waals surface area contributed by atoms with E-state index in [1.54, 1.807) is 23.9 Å². The number of halogens is 1. The van der Waals surface area contributed by atoms with Gasteiger partial charge in [0.05, 0.1) is 11.8 Å². The minimum atomic E-state index is -0.221. The Kier molecular flexibility index (Phi) is 3.92. The van der Waals surface area contributed by atoms with Gasteiger partial charge in [-0.3, -0.25) is 10.4 Å². The number of aryl methyl sites for hydroxylation is 1. The molecule has 1 fully saturated rings. The van der Waals surface area contributed by atoms with Gasteiger partial charge in [0.15, 0.2) is 5.17 Å². The van der Waals surface area contributed by atoms with Crippen LogP contribution >= 0.6 is 11.8 Å². The average Bonchev–Trinajstić information content (AvgIpc) is 3.34. The molecule has 1 aliphatic carbocycles. The summed E-state index contributed by atoms with van der Waals surface area (Å²) in [5.74, 6) is 0.591. The largest absolute Gasteiger partial charge is 0.318 e. The molecule has 2 heterocycles. The van der Waals surface area contributed by atoms with Gasteiger partial charge >= 0.3 is 0 Å². The first-order valence-electron chi connectivity index (χ1n) is 8.10. The molecule has 6 heteroatoms. The van der Waals surface area contributed by atoms with Crippen LogP contribution in [0.25, 0.3) is 5.69 Å². The summed E-state index contributed by atoms with van der Waals surface area (Å²) in [6.07, 6.45) is 2.39. The van der Waals surface area contributed by atoms with Crippen LogP contribution in [0.1, 0.15) is 29.8 Å². The van der Waals surface area contributed by atoms with Gasteiger partial charge in [0, 0.05) is 28.4 Å². The van der Waals surface area contributed by atoms with Gasteiger partial charge in [-0.25, -0.2) is 4.39 Å². The maximum Gasteiger partial charge on any atom is 0.177 e. The number of aromatic nitrogens is 1. The predicted molar refractivity (Wildman–Crippen MR) is 97.8 cm³/mol. The second-order valence-corrected chi connectivity index (χ2v) is 7.19. The van der Waals surface area contributed by atoms with Crippen LogP contribution in [0.5, 0.6) is 0 Å². The van der Waals surface area contributed by atoms with Crippen molar-refractivity contribution in [3.8, 4) is 5.69 Å². The van der Waals surface area contributed by atoms with Gasteiger partial charge in [0.25, 0.3) is 0 Å². The Balaban J connectivity index is 1.64. The highest BCUT2D eigenvalue weighted by atomic mass is 32.2. The Morgan fingerprint density at radius 1 is 1.25 bits per heavy atom. The zero-order chi connectivity index (χ0) is 16.7. The van der Waals surface area contributed by atoms with E-state index in [2.05, 4.69) is 40.0 Å². The van der Waals surface area contributed by atoms with Crippen molar-refractivity contribution in [2.45, 2.75) is 32.7 Å². The molecule has 0 radical (unpaired) electrons. The smallest absolute Gasteiger partial charge is 0.177 e. The van der Waals surface area contributed by atoms with Gasteiger partial charge in [-0.15, -0.1) is 0 Å². The Labute approximate surface area is 144 Å². The lowest BCUT2D eigenvalue weighted by molar-refractivity contribution is 0.627. The Bertz CT molecular complexity index is 831. The first kappa shape index (κ1) is 15.4. The van der Waals surface area contributed by atoms with Crippen molar-refractivity contribution in [2.24, 2.45) is 10.1 Å². The molecule has 2 aromatic rings. The summed E-state index contributed by atoms with van der Waals surface area (Å²) in [6, 6.07) is 9.22. The first-order chi connectivity index (χ1) is 11.6. The molecule has 0 atom stereocenters. The van der Waals surface area contributed by atoms with Crippen LogP contribution in [0, 0.1) is 19.7 Å². The third-order valence-electron chi connectivity index (χ3n) is 4.31. The van der Waals surface area contributed by atoms with Crippen LogP contribution in [0.3, 0.4) is 0 Å². The molecule has 0 unspecified atom stereocenters. The fraction of sp³-hybridized carbons (Fsp3) is 0.333. The van der Waals surface area contributed by atoms with Crippen LogP contribution in [0.2, 0.25) is 0 Å². The molecule has 0 saturated heterocycles. The van der Waals surface area contributed by atoms with E-state index >= 15 is 0 Å². The Morgan fingerprint density at radius 3 is 2.62 bits per heavy atom. The summed E-state index contributed by atoms with van der Waals surface area (Å²) >= 11 is 1.71. The lowest BCUT2D eigenvalue weighted by atomic mass is 10.1. The summed E-state index contributed by atoms with van der Waals surface area (Å²) in [5, 5.41) is 5.45. The molecule has 0 spiro atoms. The van der Waals surface area contributed by atoms with Gasteiger partial charge in [-0.05, 0) is 57.0 Å². The monoisotopic (exact) mass is 342 g/mol. The van der Waals surface area contributed by atoms with E-state index < -0.39 is 0 Å². The first-order valence-corrected chi connectivity index (χ1v) is 9.09. The number of hydrazone groups is 1. The molecule has 2 aliphatic rings. The molecule has 0 amide bonds. The number of amidine groups is 1. The van der Waals surface area contributed by atoms with E-state index in [0.29, 0.717) is 6.04 Å². The highest BCUT2D eigenvalue weighted by Crippen LogP contribution is 2.27. The molecule has 1 aromatic carbocycles. The van der Waals surface area contributed by atoms with Gasteiger partial charge in [0.1, 0.15) is 5.82 Å². The predicted octanol–water partition coefficient (Wildman–Crippen LogP) is 3.79. The topological polar surface area (TPSA) is 41.7 Å². The molecule has 0 bridgehead atoms. The molecule has 24 heavy (non-hydrogen) atoms. The summed E-state index contributed by atoms with van der Waals surface area (Å²) in [6.45, 7) is 4.14. The minimum absolute atomic E-state index is 0.221. The maximum absolute atomic E-state index is 13.2. The summed E-state index contributed by atoms with van der Waals surface area (Å²) < 4.78 is 15.3. The van der Waals surface area contributed by atoms with Crippen LogP contribution in [-0.4, -0.2) is 27.2 Å². The van der Waals surface area contributed by atoms with E-state index in [1.807, 2.05) is 0 Å². The number of hydrogen-bond acceptors (Lipinski definition) is 3. The SMILES string of the molecule is Cc1cc(C2=NNC(=NC3CC3)SC2)c(C)n1-c1ccc(F)cc1. The van der Waals surface area contributed by atoms with E-state index in [4.69, 9.17) is 0 Å². The van der Waals surface area contributed by atoms with E-state index in [0.717, 1.165) is 39.3 Å². The Morgan fingerprint density at radius 2 is 2.00 bits per heavy atom. The van der Waals surface area contributed by atoms with Crippen molar-refractivity contribution in [3.63, 3.8) is 0 Å². The zero-order valence-corrected chi connectivity index (χ0v) is 14.5. The van der Waals surface area contributed by atoms with Crippen LogP contribution in [-0.2, 0) is 0 Å². The second-order valence-electron chi connectivity index (χ2n) is 6.22. The number of benzene rings is 1. The van der Waals surface area contributed by atoms with Crippen molar-refractivity contribution < 1.29 is 4.39 Å². The van der Waals surface area contributed by atoms with Gasteiger partial charge in [-0.1, -0.05) is 11.8 Å². The quantitative estimate of drug-likeness (QED) is 0.922. The molecule has 1 saturated carbocycles. The van der Waals surface area contributed by atoms with Crippen molar-refractivity contribution in [3.05, 3.63) is 53.1 Å². The number of rotatable bonds is 3. The van der Waals surface area contributed by atoms with Crippen LogP contribution in [0.4, 0.5) is 4.39 Å². The second kappa shape index (κ2) is 6.09. The van der Waals surface area contributed by atoms with E-state index in [1.165, 1.54) is 25.0 Å². The van der Waals surface area contributed by atoms with E-state index in [9.17, 15) is 4.39 Å². The molecule has 1 aromatic heterocycles. The third-order valence-corrected chi connectivity index (χ3v) is 5.19. The lowest BCUT2D eigenvalue weighted by Crippen LogP contribution is -2.26. The fourth-order valence-electron chi connectivity index (χ4n) is 2.93. The standard InChI is InChI=1S/C18H19FN4S/c1-11-9-16(12(2)23(11)15-7-3-13(19)4-8-15)17-10-24-18(22-21-17)20-14-5-6-14/h3-4,7-9,14H,5-6,10H2,1-2H3,(H,20,22). The molecular weight excluding hydrogens is 323 g/mol. The normalized spacial score (nSPS) is 19.3. The van der Waals surface area contributed by atoms with Crippen molar-refractivity contribution >= 4 is 22.6 Å². The highest BCUT2D eigenvalue weighted by Gasteiger charge is 2.23. The molecule has 1 N–H and O–H groups in total. The number of hydrogen-bond donors (Lipinski definition) is 1. The molecular formula is C18H19FN4S. The summed E-state index contributed by atoms with van der Waals surface area (Å²) in [7, 11) is 0. The average molecular weight is 342 g/mol. The van der Waals surface area contributed by atoms with Gasteiger partial charge < -0.3 is 4.57 Å². The van der Waals surface area contributed by atoms with Crippen molar-refractivity contribution in [1.29, 1.82) is 0 Å². The van der Waals surface area contributed by atoms with Gasteiger partial charge in [-0.2, -0.15) is 5.10 Å². The maximum atomic E-state index is 13.2. The third kappa shape index (κ3) is 2.98. The molecule has 4 nitrogen and oxygen atoms in total. The van der Waals surface area contributed by atoms with E-state index in [-0.39, 0.29) is 5.82 Å². The summed E-state index contributed by atoms with van der Waals surface area (Å²) in [5.41, 5.74) is 8.42. The molecule has 4 rings (SSSR count). The zero-order valence-electron chi connectivity index (χ0n) is 13.7.